The van der Waals surface area contributed by atoms with Crippen molar-refractivity contribution in [2.45, 2.75) is 13.3 Å². The first-order valence-electron chi connectivity index (χ1n) is 6.45. The summed E-state index contributed by atoms with van der Waals surface area (Å²) < 4.78 is 22.9. The molecule has 7 heteroatoms. The van der Waals surface area contributed by atoms with Crippen LogP contribution in [-0.2, 0) is 9.84 Å². The van der Waals surface area contributed by atoms with Gasteiger partial charge < -0.3 is 4.90 Å². The van der Waals surface area contributed by atoms with Gasteiger partial charge in [-0.25, -0.2) is 8.42 Å². The van der Waals surface area contributed by atoms with E-state index in [1.165, 1.54) is 6.07 Å². The first-order valence-corrected chi connectivity index (χ1v) is 8.27. The molecule has 0 N–H and O–H groups in total. The van der Waals surface area contributed by atoms with E-state index in [4.69, 9.17) is 0 Å². The lowest BCUT2D eigenvalue weighted by atomic mass is 10.1. The third kappa shape index (κ3) is 3.27. The summed E-state index contributed by atoms with van der Waals surface area (Å²) in [5.41, 5.74) is 1.43. The van der Waals surface area contributed by atoms with Gasteiger partial charge >= 0.3 is 0 Å². The smallest absolute Gasteiger partial charge is 0.292 e. The molecule has 1 fully saturated rings. The quantitative estimate of drug-likeness (QED) is 0.625. The highest BCUT2D eigenvalue weighted by molar-refractivity contribution is 7.91. The van der Waals surface area contributed by atoms with E-state index in [0.717, 1.165) is 5.56 Å². The van der Waals surface area contributed by atoms with Crippen molar-refractivity contribution in [3.8, 4) is 0 Å². The Morgan fingerprint density at radius 2 is 2.15 bits per heavy atom. The summed E-state index contributed by atoms with van der Waals surface area (Å²) in [5, 5.41) is 11.1. The number of hydrogen-bond acceptors (Lipinski definition) is 5. The molecule has 0 aliphatic carbocycles. The molecular formula is C13H18N2O4S. The normalized spacial score (nSPS) is 20.8. The van der Waals surface area contributed by atoms with Crippen molar-refractivity contribution in [1.82, 2.24) is 0 Å². The van der Waals surface area contributed by atoms with Crippen LogP contribution in [0.4, 0.5) is 11.4 Å². The minimum absolute atomic E-state index is 0.0471. The molecule has 0 saturated carbocycles. The predicted octanol–water partition coefficient (Wildman–Crippen LogP) is 1.77. The topological polar surface area (TPSA) is 80.5 Å². The van der Waals surface area contributed by atoms with Crippen LogP contribution in [0.2, 0.25) is 0 Å². The van der Waals surface area contributed by atoms with Crippen molar-refractivity contribution in [3.05, 3.63) is 33.9 Å². The highest BCUT2D eigenvalue weighted by Crippen LogP contribution is 2.30. The summed E-state index contributed by atoms with van der Waals surface area (Å²) in [4.78, 5) is 12.5. The van der Waals surface area contributed by atoms with E-state index in [9.17, 15) is 18.5 Å². The van der Waals surface area contributed by atoms with Gasteiger partial charge in [-0.05, 0) is 30.9 Å². The van der Waals surface area contributed by atoms with Gasteiger partial charge in [0.15, 0.2) is 9.84 Å². The van der Waals surface area contributed by atoms with Gasteiger partial charge in [0, 0.05) is 19.7 Å². The van der Waals surface area contributed by atoms with E-state index >= 15 is 0 Å². The molecule has 0 radical (unpaired) electrons. The number of nitro groups is 1. The second-order valence-corrected chi connectivity index (χ2v) is 7.63. The Labute approximate surface area is 118 Å². The van der Waals surface area contributed by atoms with Gasteiger partial charge in [-0.15, -0.1) is 0 Å². The summed E-state index contributed by atoms with van der Waals surface area (Å²) >= 11 is 0. The molecule has 0 spiro atoms. The number of benzene rings is 1. The molecule has 2 rings (SSSR count). The minimum atomic E-state index is -2.92. The Balaban J connectivity index is 2.17. The first kappa shape index (κ1) is 14.8. The van der Waals surface area contributed by atoms with Crippen LogP contribution in [0.3, 0.4) is 0 Å². The van der Waals surface area contributed by atoms with Crippen LogP contribution in [0.1, 0.15) is 12.0 Å². The Bertz CT molecular complexity index is 627. The van der Waals surface area contributed by atoms with Crippen molar-refractivity contribution < 1.29 is 13.3 Å². The monoisotopic (exact) mass is 298 g/mol. The van der Waals surface area contributed by atoms with E-state index in [-0.39, 0.29) is 23.1 Å². The summed E-state index contributed by atoms with van der Waals surface area (Å²) in [5.74, 6) is 0.448. The van der Waals surface area contributed by atoms with Gasteiger partial charge in [0.1, 0.15) is 5.69 Å². The van der Waals surface area contributed by atoms with Crippen LogP contribution in [0.5, 0.6) is 0 Å². The fourth-order valence-corrected chi connectivity index (χ4v) is 4.45. The van der Waals surface area contributed by atoms with Crippen molar-refractivity contribution in [3.63, 3.8) is 0 Å². The van der Waals surface area contributed by atoms with Gasteiger partial charge in [0.25, 0.3) is 5.69 Å². The number of anilines is 1. The summed E-state index contributed by atoms with van der Waals surface area (Å²) in [7, 11) is -1.15. The van der Waals surface area contributed by atoms with Gasteiger partial charge in [-0.3, -0.25) is 10.1 Å². The molecule has 1 heterocycles. The molecule has 0 bridgehead atoms. The molecular weight excluding hydrogens is 280 g/mol. The predicted molar refractivity (Wildman–Crippen MR) is 77.9 cm³/mol. The Morgan fingerprint density at radius 1 is 1.45 bits per heavy atom. The lowest BCUT2D eigenvalue weighted by Gasteiger charge is -2.22. The van der Waals surface area contributed by atoms with E-state index in [1.807, 2.05) is 6.07 Å². The molecule has 1 aromatic carbocycles. The lowest BCUT2D eigenvalue weighted by molar-refractivity contribution is -0.384. The van der Waals surface area contributed by atoms with Gasteiger partial charge in [-0.2, -0.15) is 0 Å². The molecule has 0 aromatic heterocycles. The maximum absolute atomic E-state index is 11.5. The second-order valence-electron chi connectivity index (χ2n) is 5.40. The van der Waals surface area contributed by atoms with Crippen LogP contribution in [0.25, 0.3) is 0 Å². The zero-order valence-electron chi connectivity index (χ0n) is 11.6. The molecule has 1 aliphatic heterocycles. The minimum Gasteiger partial charge on any atom is -0.369 e. The zero-order chi connectivity index (χ0) is 14.9. The Morgan fingerprint density at radius 3 is 2.70 bits per heavy atom. The largest absolute Gasteiger partial charge is 0.369 e. The van der Waals surface area contributed by atoms with Crippen molar-refractivity contribution in [1.29, 1.82) is 0 Å². The average Bonchev–Trinajstić information content (AvgIpc) is 2.68. The second kappa shape index (κ2) is 5.40. The summed E-state index contributed by atoms with van der Waals surface area (Å²) in [6, 6.07) is 5.08. The van der Waals surface area contributed by atoms with Crippen LogP contribution in [0, 0.1) is 23.0 Å². The lowest BCUT2D eigenvalue weighted by Crippen LogP contribution is -2.26. The fraction of sp³-hybridized carbons (Fsp3) is 0.538. The number of rotatable bonds is 4. The first-order chi connectivity index (χ1) is 9.28. The molecule has 1 saturated heterocycles. The highest BCUT2D eigenvalue weighted by atomic mass is 32.2. The fourth-order valence-electron chi connectivity index (χ4n) is 2.60. The molecule has 6 nitrogen and oxygen atoms in total. The van der Waals surface area contributed by atoms with E-state index < -0.39 is 14.8 Å². The number of sulfone groups is 1. The van der Waals surface area contributed by atoms with Gasteiger partial charge in [-0.1, -0.05) is 6.07 Å². The molecule has 1 aliphatic rings. The van der Waals surface area contributed by atoms with Crippen LogP contribution in [0.15, 0.2) is 18.2 Å². The number of hydrogen-bond donors (Lipinski definition) is 0. The van der Waals surface area contributed by atoms with E-state index in [1.54, 1.807) is 24.9 Å². The van der Waals surface area contributed by atoms with E-state index in [0.29, 0.717) is 18.7 Å². The molecule has 1 aromatic rings. The summed E-state index contributed by atoms with van der Waals surface area (Å²) in [6.07, 6.45) is 0.631. The van der Waals surface area contributed by atoms with Crippen molar-refractivity contribution in [2.75, 3.05) is 30.0 Å². The van der Waals surface area contributed by atoms with Crippen molar-refractivity contribution >= 4 is 21.2 Å². The maximum Gasteiger partial charge on any atom is 0.292 e. The molecule has 1 unspecified atom stereocenters. The third-order valence-corrected chi connectivity index (χ3v) is 5.43. The van der Waals surface area contributed by atoms with Crippen LogP contribution < -0.4 is 4.90 Å². The molecule has 110 valence electrons. The SMILES string of the molecule is Cc1ccc(N(C)CC2CCS(=O)(=O)C2)c([N+](=O)[O-])c1. The van der Waals surface area contributed by atoms with Gasteiger partial charge in [0.2, 0.25) is 0 Å². The van der Waals surface area contributed by atoms with Crippen LogP contribution in [-0.4, -0.2) is 38.4 Å². The standard InChI is InChI=1S/C13H18N2O4S/c1-10-3-4-12(13(7-10)15(16)17)14(2)8-11-5-6-20(18,19)9-11/h3-4,7,11H,5-6,8-9H2,1-2H3. The summed E-state index contributed by atoms with van der Waals surface area (Å²) in [6.45, 7) is 2.32. The highest BCUT2D eigenvalue weighted by Gasteiger charge is 2.29. The Hall–Kier alpha value is -1.63. The van der Waals surface area contributed by atoms with E-state index in [2.05, 4.69) is 0 Å². The third-order valence-electron chi connectivity index (χ3n) is 3.60. The maximum atomic E-state index is 11.5. The zero-order valence-corrected chi connectivity index (χ0v) is 12.4. The molecule has 20 heavy (non-hydrogen) atoms. The Kier molecular flexibility index (Phi) is 3.99. The van der Waals surface area contributed by atoms with Crippen molar-refractivity contribution in [2.24, 2.45) is 5.92 Å². The number of aryl methyl sites for hydroxylation is 1. The number of nitro benzene ring substituents is 1. The molecule has 1 atom stereocenters. The van der Waals surface area contributed by atoms with Gasteiger partial charge in [0.05, 0.1) is 16.4 Å². The number of nitrogens with zero attached hydrogens (tertiary/aromatic N) is 2. The van der Waals surface area contributed by atoms with Crippen LogP contribution >= 0.6 is 0 Å². The average molecular weight is 298 g/mol. The molecule has 0 amide bonds.